The second-order valence-electron chi connectivity index (χ2n) is 2.83. The lowest BCUT2D eigenvalue weighted by atomic mass is 10.2. The van der Waals surface area contributed by atoms with Gasteiger partial charge in [0.05, 0.1) is 11.9 Å². The number of rotatable bonds is 2. The van der Waals surface area contributed by atoms with E-state index in [1.54, 1.807) is 6.20 Å². The summed E-state index contributed by atoms with van der Waals surface area (Å²) in [4.78, 5) is 8.17. The summed E-state index contributed by atoms with van der Waals surface area (Å²) in [6, 6.07) is 0. The average molecular weight is 169 g/mol. The standard InChI is InChI=1S/C7H13N5.H2/c1-4(2)6-10-3-5(8)7(11-6)12-9;/h3-4H,8-9H2,1-2H3,(H,10,11,12);1H. The van der Waals surface area contributed by atoms with E-state index >= 15 is 0 Å². The number of hydrogen-bond acceptors (Lipinski definition) is 5. The quantitative estimate of drug-likeness (QED) is 0.448. The van der Waals surface area contributed by atoms with Crippen LogP contribution in [0.1, 0.15) is 27.0 Å². The van der Waals surface area contributed by atoms with Gasteiger partial charge in [-0.25, -0.2) is 15.8 Å². The zero-order chi connectivity index (χ0) is 9.14. The van der Waals surface area contributed by atoms with Crippen LogP contribution in [0.5, 0.6) is 0 Å². The smallest absolute Gasteiger partial charge is 0.166 e. The molecule has 0 fully saturated rings. The molecule has 0 aliphatic heterocycles. The van der Waals surface area contributed by atoms with E-state index in [1.165, 1.54) is 0 Å². The van der Waals surface area contributed by atoms with Crippen LogP contribution >= 0.6 is 0 Å². The Morgan fingerprint density at radius 1 is 1.58 bits per heavy atom. The highest BCUT2D eigenvalue weighted by Crippen LogP contribution is 2.16. The Bertz CT molecular complexity index is 276. The summed E-state index contributed by atoms with van der Waals surface area (Å²) in [6.45, 7) is 4.01. The van der Waals surface area contributed by atoms with Gasteiger partial charge >= 0.3 is 0 Å². The Kier molecular flexibility index (Phi) is 2.44. The van der Waals surface area contributed by atoms with Gasteiger partial charge in [-0.05, 0) is 0 Å². The van der Waals surface area contributed by atoms with E-state index in [4.69, 9.17) is 11.6 Å². The van der Waals surface area contributed by atoms with Gasteiger partial charge in [0.15, 0.2) is 5.82 Å². The maximum absolute atomic E-state index is 5.53. The second-order valence-corrected chi connectivity index (χ2v) is 2.83. The third kappa shape index (κ3) is 1.62. The Morgan fingerprint density at radius 2 is 2.25 bits per heavy atom. The average Bonchev–Trinajstić information content (AvgIpc) is 2.05. The van der Waals surface area contributed by atoms with Crippen molar-refractivity contribution in [2.24, 2.45) is 5.84 Å². The van der Waals surface area contributed by atoms with Gasteiger partial charge in [-0.1, -0.05) is 13.8 Å². The maximum Gasteiger partial charge on any atom is 0.166 e. The maximum atomic E-state index is 5.53. The first kappa shape index (κ1) is 8.73. The lowest BCUT2D eigenvalue weighted by Gasteiger charge is -2.07. The van der Waals surface area contributed by atoms with Gasteiger partial charge in [0.2, 0.25) is 0 Å². The van der Waals surface area contributed by atoms with Crippen molar-refractivity contribution in [3.63, 3.8) is 0 Å². The number of hydrazine groups is 1. The summed E-state index contributed by atoms with van der Waals surface area (Å²) in [6.07, 6.45) is 1.55. The Hall–Kier alpha value is -1.36. The highest BCUT2D eigenvalue weighted by molar-refractivity contribution is 5.58. The number of anilines is 2. The minimum Gasteiger partial charge on any atom is -0.394 e. The first-order valence-electron chi connectivity index (χ1n) is 3.74. The first-order chi connectivity index (χ1) is 5.65. The van der Waals surface area contributed by atoms with Crippen molar-refractivity contribution in [2.45, 2.75) is 19.8 Å². The second kappa shape index (κ2) is 3.36. The summed E-state index contributed by atoms with van der Waals surface area (Å²) in [5, 5.41) is 0. The van der Waals surface area contributed by atoms with Gasteiger partial charge in [-0.15, -0.1) is 0 Å². The number of nitrogens with two attached hydrogens (primary N) is 2. The molecule has 1 aromatic heterocycles. The lowest BCUT2D eigenvalue weighted by molar-refractivity contribution is 0.776. The molecule has 68 valence electrons. The van der Waals surface area contributed by atoms with Crippen LogP contribution < -0.4 is 17.0 Å². The van der Waals surface area contributed by atoms with Crippen molar-refractivity contribution in [1.82, 2.24) is 9.97 Å². The molecule has 5 heteroatoms. The minimum atomic E-state index is 0. The molecule has 0 aliphatic rings. The normalized spacial score (nSPS) is 10.3. The molecule has 0 saturated carbocycles. The van der Waals surface area contributed by atoms with E-state index in [0.29, 0.717) is 11.5 Å². The first-order valence-corrected chi connectivity index (χ1v) is 3.74. The molecule has 0 unspecified atom stereocenters. The van der Waals surface area contributed by atoms with Gasteiger partial charge in [0.1, 0.15) is 5.82 Å². The van der Waals surface area contributed by atoms with E-state index in [9.17, 15) is 0 Å². The topological polar surface area (TPSA) is 89.8 Å². The van der Waals surface area contributed by atoms with Gasteiger partial charge in [-0.2, -0.15) is 0 Å². The fourth-order valence-corrected chi connectivity index (χ4v) is 0.799. The molecule has 0 aliphatic carbocycles. The number of nitrogens with one attached hydrogen (secondary N) is 1. The molecule has 0 bridgehead atoms. The number of nitrogens with zero attached hydrogens (tertiary/aromatic N) is 2. The lowest BCUT2D eigenvalue weighted by Crippen LogP contribution is -2.13. The van der Waals surface area contributed by atoms with Crippen molar-refractivity contribution in [1.29, 1.82) is 0 Å². The predicted octanol–water partition coefficient (Wildman–Crippen LogP) is 0.714. The van der Waals surface area contributed by atoms with Crippen LogP contribution in [0.15, 0.2) is 6.20 Å². The summed E-state index contributed by atoms with van der Waals surface area (Å²) in [7, 11) is 0. The van der Waals surface area contributed by atoms with Crippen molar-refractivity contribution in [2.75, 3.05) is 11.2 Å². The van der Waals surface area contributed by atoms with E-state index in [1.807, 2.05) is 13.8 Å². The molecule has 1 aromatic rings. The fraction of sp³-hybridized carbons (Fsp3) is 0.429. The molecule has 5 N–H and O–H groups in total. The summed E-state index contributed by atoms with van der Waals surface area (Å²) >= 11 is 0. The van der Waals surface area contributed by atoms with Gasteiger partial charge in [-0.3, -0.25) is 0 Å². The van der Waals surface area contributed by atoms with E-state index in [-0.39, 0.29) is 7.34 Å². The van der Waals surface area contributed by atoms with Crippen LogP contribution in [-0.2, 0) is 0 Å². The predicted molar refractivity (Wildman–Crippen MR) is 50.5 cm³/mol. The molecule has 0 saturated heterocycles. The summed E-state index contributed by atoms with van der Waals surface area (Å²) in [5.41, 5.74) is 8.41. The molecule has 1 heterocycles. The largest absolute Gasteiger partial charge is 0.394 e. The van der Waals surface area contributed by atoms with Crippen molar-refractivity contribution < 1.29 is 1.43 Å². The van der Waals surface area contributed by atoms with Gasteiger partial charge < -0.3 is 11.2 Å². The van der Waals surface area contributed by atoms with E-state index < -0.39 is 0 Å². The van der Waals surface area contributed by atoms with Crippen molar-refractivity contribution >= 4 is 11.5 Å². The Balaban J connectivity index is 0.00000144. The van der Waals surface area contributed by atoms with Crippen LogP contribution in [0.3, 0.4) is 0 Å². The molecule has 0 atom stereocenters. The van der Waals surface area contributed by atoms with E-state index in [2.05, 4.69) is 15.4 Å². The molecule has 0 radical (unpaired) electrons. The molecule has 5 nitrogen and oxygen atoms in total. The minimum absolute atomic E-state index is 0. The molecule has 0 aromatic carbocycles. The fourth-order valence-electron chi connectivity index (χ4n) is 0.799. The third-order valence-electron chi connectivity index (χ3n) is 1.49. The molecular weight excluding hydrogens is 154 g/mol. The Morgan fingerprint density at radius 3 is 2.75 bits per heavy atom. The van der Waals surface area contributed by atoms with Gasteiger partial charge in [0.25, 0.3) is 0 Å². The van der Waals surface area contributed by atoms with Crippen LogP contribution in [0.25, 0.3) is 0 Å². The zero-order valence-corrected chi connectivity index (χ0v) is 7.20. The Labute approximate surface area is 72.7 Å². The molecule has 1 rings (SSSR count). The highest BCUT2D eigenvalue weighted by Gasteiger charge is 2.05. The molecule has 0 amide bonds. The summed E-state index contributed by atoms with van der Waals surface area (Å²) in [5.74, 6) is 6.69. The van der Waals surface area contributed by atoms with Crippen LogP contribution in [0.2, 0.25) is 0 Å². The van der Waals surface area contributed by atoms with E-state index in [0.717, 1.165) is 5.82 Å². The molecular formula is C7H15N5. The molecule has 12 heavy (non-hydrogen) atoms. The van der Waals surface area contributed by atoms with Gasteiger partial charge in [0, 0.05) is 7.34 Å². The highest BCUT2D eigenvalue weighted by atomic mass is 15.3. The van der Waals surface area contributed by atoms with Crippen LogP contribution in [0, 0.1) is 0 Å². The number of aromatic nitrogens is 2. The SMILES string of the molecule is CC(C)c1ncc(N)c(NN)n1.[HH]. The van der Waals surface area contributed by atoms with Crippen LogP contribution in [0.4, 0.5) is 11.5 Å². The zero-order valence-electron chi connectivity index (χ0n) is 7.20. The van der Waals surface area contributed by atoms with Crippen molar-refractivity contribution in [3.8, 4) is 0 Å². The third-order valence-corrected chi connectivity index (χ3v) is 1.49. The summed E-state index contributed by atoms with van der Waals surface area (Å²) < 4.78 is 0. The van der Waals surface area contributed by atoms with Crippen LogP contribution in [-0.4, -0.2) is 9.97 Å². The number of nitrogen functional groups attached to an aromatic ring is 2. The monoisotopic (exact) mass is 169 g/mol. The molecule has 0 spiro atoms. The van der Waals surface area contributed by atoms with Crippen molar-refractivity contribution in [3.05, 3.63) is 12.0 Å². The number of hydrogen-bond donors (Lipinski definition) is 3.